The van der Waals surface area contributed by atoms with Gasteiger partial charge in [0, 0.05) is 30.6 Å². The number of carbonyl (C=O) groups excluding carboxylic acids is 1. The largest absolute Gasteiger partial charge is 0.383 e. The normalized spacial score (nSPS) is 12.4. The van der Waals surface area contributed by atoms with Crippen molar-refractivity contribution in [2.45, 2.75) is 38.1 Å². The minimum atomic E-state index is 0.115. The zero-order valence-electron chi connectivity index (χ0n) is 14.8. The number of ether oxygens (including phenoxy) is 1. The molecule has 0 spiro atoms. The van der Waals surface area contributed by atoms with Crippen LogP contribution in [0, 0.1) is 13.8 Å². The summed E-state index contributed by atoms with van der Waals surface area (Å²) in [5, 5.41) is 12.1. The Balaban J connectivity index is 2.05. The Labute approximate surface area is 151 Å². The van der Waals surface area contributed by atoms with Crippen LogP contribution >= 0.6 is 23.1 Å². The molecule has 0 saturated carbocycles. The maximum Gasteiger partial charge on any atom is 0.206 e. The molecule has 0 aliphatic rings. The molecule has 2 rings (SSSR count). The predicted molar refractivity (Wildman–Crippen MR) is 99.6 cm³/mol. The summed E-state index contributed by atoms with van der Waals surface area (Å²) in [6.45, 7) is 9.55. The Morgan fingerprint density at radius 2 is 2.21 bits per heavy atom. The van der Waals surface area contributed by atoms with Gasteiger partial charge in [-0.15, -0.1) is 10.2 Å². The van der Waals surface area contributed by atoms with Gasteiger partial charge in [0.1, 0.15) is 0 Å². The first kappa shape index (κ1) is 19.0. The molecule has 0 aliphatic carbocycles. The van der Waals surface area contributed by atoms with E-state index in [1.165, 1.54) is 23.1 Å². The van der Waals surface area contributed by atoms with Crippen LogP contribution in [0.4, 0.5) is 5.13 Å². The van der Waals surface area contributed by atoms with E-state index in [2.05, 4.69) is 27.0 Å². The van der Waals surface area contributed by atoms with Crippen LogP contribution in [-0.2, 0) is 4.74 Å². The second kappa shape index (κ2) is 8.64. The smallest absolute Gasteiger partial charge is 0.206 e. The van der Waals surface area contributed by atoms with Gasteiger partial charge >= 0.3 is 0 Å². The zero-order valence-corrected chi connectivity index (χ0v) is 16.4. The van der Waals surface area contributed by atoms with E-state index in [0.29, 0.717) is 12.4 Å². The summed E-state index contributed by atoms with van der Waals surface area (Å²) >= 11 is 2.91. The van der Waals surface area contributed by atoms with E-state index in [0.717, 1.165) is 33.0 Å². The Hall–Kier alpha value is -1.38. The van der Waals surface area contributed by atoms with Gasteiger partial charge in [-0.05, 0) is 33.8 Å². The third-order valence-electron chi connectivity index (χ3n) is 3.69. The van der Waals surface area contributed by atoms with Crippen molar-refractivity contribution in [3.05, 3.63) is 23.0 Å². The quantitative estimate of drug-likeness (QED) is 0.539. The number of ketones is 1. The van der Waals surface area contributed by atoms with Crippen molar-refractivity contribution in [1.82, 2.24) is 14.8 Å². The maximum atomic E-state index is 12.6. The van der Waals surface area contributed by atoms with E-state index in [9.17, 15) is 4.79 Å². The molecule has 2 aromatic rings. The highest BCUT2D eigenvalue weighted by Crippen LogP contribution is 2.27. The fraction of sp³-hybridized carbons (Fsp3) is 0.562. The number of anilines is 1. The topological polar surface area (TPSA) is 69.0 Å². The minimum Gasteiger partial charge on any atom is -0.383 e. The number of aryl methyl sites for hydroxylation is 1. The Kier molecular flexibility index (Phi) is 6.82. The molecule has 0 saturated heterocycles. The Bertz CT molecular complexity index is 696. The molecule has 1 atom stereocenters. The molecule has 24 heavy (non-hydrogen) atoms. The number of aromatic nitrogens is 3. The number of hydrogen-bond donors (Lipinski definition) is 1. The summed E-state index contributed by atoms with van der Waals surface area (Å²) in [4.78, 5) is 12.6. The highest BCUT2D eigenvalue weighted by molar-refractivity contribution is 8.01. The molecule has 0 aromatic carbocycles. The van der Waals surface area contributed by atoms with Gasteiger partial charge in [0.05, 0.1) is 18.4 Å². The van der Waals surface area contributed by atoms with Crippen molar-refractivity contribution in [3.8, 4) is 0 Å². The second-order valence-corrected chi connectivity index (χ2v) is 7.77. The minimum absolute atomic E-state index is 0.115. The molecule has 1 N–H and O–H groups in total. The highest BCUT2D eigenvalue weighted by atomic mass is 32.2. The van der Waals surface area contributed by atoms with Crippen molar-refractivity contribution in [3.63, 3.8) is 0 Å². The van der Waals surface area contributed by atoms with Gasteiger partial charge in [0.25, 0.3) is 0 Å². The van der Waals surface area contributed by atoms with Gasteiger partial charge < -0.3 is 14.6 Å². The molecule has 0 radical (unpaired) electrons. The van der Waals surface area contributed by atoms with E-state index in [4.69, 9.17) is 4.74 Å². The number of nitrogens with one attached hydrogen (secondary N) is 1. The number of carbonyl (C=O) groups is 1. The van der Waals surface area contributed by atoms with Crippen LogP contribution in [0.2, 0.25) is 0 Å². The summed E-state index contributed by atoms with van der Waals surface area (Å²) in [6, 6.07) is 2.17. The van der Waals surface area contributed by atoms with Crippen LogP contribution in [0.5, 0.6) is 0 Å². The summed E-state index contributed by atoms with van der Waals surface area (Å²) in [7, 11) is 1.69. The fourth-order valence-electron chi connectivity index (χ4n) is 2.75. The first-order valence-electron chi connectivity index (χ1n) is 7.88. The number of nitrogens with zero attached hydrogens (tertiary/aromatic N) is 3. The van der Waals surface area contributed by atoms with Gasteiger partial charge in [0.2, 0.25) is 5.13 Å². The molecule has 132 valence electrons. The number of Topliss-reactive ketones (excluding diaryl/α,β-unsaturated/α-hetero) is 1. The lowest BCUT2D eigenvalue weighted by molar-refractivity contribution is 0.102. The van der Waals surface area contributed by atoms with Gasteiger partial charge in [-0.1, -0.05) is 23.1 Å². The SMILES string of the molecule is CCNc1nnc(SCC(=O)c2cc(C)n(C(C)COC)c2C)s1. The number of methoxy groups -OCH3 is 1. The Morgan fingerprint density at radius 1 is 1.46 bits per heavy atom. The Morgan fingerprint density at radius 3 is 2.88 bits per heavy atom. The van der Waals surface area contributed by atoms with Crippen molar-refractivity contribution < 1.29 is 9.53 Å². The first-order valence-corrected chi connectivity index (χ1v) is 9.68. The molecule has 2 heterocycles. The third kappa shape index (κ3) is 4.37. The molecule has 0 bridgehead atoms. The van der Waals surface area contributed by atoms with Crippen LogP contribution in [0.1, 0.15) is 41.6 Å². The fourth-order valence-corrected chi connectivity index (χ4v) is 4.45. The van der Waals surface area contributed by atoms with Crippen LogP contribution in [-0.4, -0.2) is 46.6 Å². The molecular weight excluding hydrogens is 344 g/mol. The average molecular weight is 369 g/mol. The number of hydrogen-bond acceptors (Lipinski definition) is 7. The molecular formula is C16H24N4O2S2. The molecule has 0 aliphatic heterocycles. The van der Waals surface area contributed by atoms with Gasteiger partial charge in [0.15, 0.2) is 10.1 Å². The van der Waals surface area contributed by atoms with E-state index >= 15 is 0 Å². The summed E-state index contributed by atoms with van der Waals surface area (Å²) in [5.41, 5.74) is 2.85. The molecule has 0 fully saturated rings. The van der Waals surface area contributed by atoms with Gasteiger partial charge in [-0.3, -0.25) is 4.79 Å². The van der Waals surface area contributed by atoms with Crippen molar-refractivity contribution >= 4 is 34.0 Å². The van der Waals surface area contributed by atoms with Crippen LogP contribution < -0.4 is 5.32 Å². The molecule has 2 aromatic heterocycles. The number of rotatable bonds is 9. The lowest BCUT2D eigenvalue weighted by Crippen LogP contribution is -2.14. The standard InChI is InChI=1S/C16H24N4O2S2/c1-6-17-15-18-19-16(24-15)23-9-14(21)13-7-10(2)20(12(13)4)11(3)8-22-5/h7,11H,6,8-9H2,1-5H3,(H,17,18). The van der Waals surface area contributed by atoms with Crippen LogP contribution in [0.15, 0.2) is 10.4 Å². The van der Waals surface area contributed by atoms with E-state index in [1.54, 1.807) is 7.11 Å². The van der Waals surface area contributed by atoms with Crippen molar-refractivity contribution in [2.24, 2.45) is 0 Å². The van der Waals surface area contributed by atoms with Crippen LogP contribution in [0.25, 0.3) is 0 Å². The highest BCUT2D eigenvalue weighted by Gasteiger charge is 2.19. The van der Waals surface area contributed by atoms with Crippen molar-refractivity contribution in [1.29, 1.82) is 0 Å². The maximum absolute atomic E-state index is 12.6. The molecule has 0 amide bonds. The monoisotopic (exact) mass is 368 g/mol. The first-order chi connectivity index (χ1) is 11.5. The van der Waals surface area contributed by atoms with Crippen molar-refractivity contribution in [2.75, 3.05) is 31.3 Å². The van der Waals surface area contributed by atoms with E-state index in [-0.39, 0.29) is 11.8 Å². The molecule has 6 nitrogen and oxygen atoms in total. The van der Waals surface area contributed by atoms with E-state index in [1.807, 2.05) is 26.8 Å². The van der Waals surface area contributed by atoms with Crippen LogP contribution in [0.3, 0.4) is 0 Å². The second-order valence-electron chi connectivity index (χ2n) is 5.57. The van der Waals surface area contributed by atoms with Gasteiger partial charge in [-0.25, -0.2) is 0 Å². The third-order valence-corrected chi connectivity index (χ3v) is 5.71. The lowest BCUT2D eigenvalue weighted by Gasteiger charge is -2.17. The number of thioether (sulfide) groups is 1. The van der Waals surface area contributed by atoms with E-state index < -0.39 is 0 Å². The molecule has 1 unspecified atom stereocenters. The summed E-state index contributed by atoms with van der Waals surface area (Å²) in [5.74, 6) is 0.480. The van der Waals surface area contributed by atoms with Gasteiger partial charge in [-0.2, -0.15) is 0 Å². The summed E-state index contributed by atoms with van der Waals surface area (Å²) < 4.78 is 8.20. The predicted octanol–water partition coefficient (Wildman–Crippen LogP) is 3.57. The lowest BCUT2D eigenvalue weighted by atomic mass is 10.2. The average Bonchev–Trinajstić information content (AvgIpc) is 3.10. The summed E-state index contributed by atoms with van der Waals surface area (Å²) in [6.07, 6.45) is 0. The zero-order chi connectivity index (χ0) is 17.7. The molecule has 8 heteroatoms.